The molecule has 0 amide bonds. The van der Waals surface area contributed by atoms with Gasteiger partial charge >= 0.3 is 0 Å². The SMILES string of the molecule is Cc1cc2nc(Oc3c(C)cccc3Cl)c3cncn3c2cc1C. The normalized spacial score (nSPS) is 11.3. The summed E-state index contributed by atoms with van der Waals surface area (Å²) in [6, 6.07) is 9.86. The van der Waals surface area contributed by atoms with E-state index in [1.165, 1.54) is 11.1 Å². The molecule has 0 fully saturated rings. The van der Waals surface area contributed by atoms with Crippen LogP contribution in [0.2, 0.25) is 5.02 Å². The van der Waals surface area contributed by atoms with Gasteiger partial charge in [0.2, 0.25) is 5.88 Å². The van der Waals surface area contributed by atoms with Crippen molar-refractivity contribution in [1.29, 1.82) is 0 Å². The Hall–Kier alpha value is -2.59. The maximum absolute atomic E-state index is 6.29. The van der Waals surface area contributed by atoms with Crippen LogP contribution in [-0.2, 0) is 0 Å². The number of hydrogen-bond acceptors (Lipinski definition) is 3. The van der Waals surface area contributed by atoms with E-state index in [2.05, 4.69) is 31.0 Å². The average molecular weight is 338 g/mol. The molecule has 4 rings (SSSR count). The van der Waals surface area contributed by atoms with Gasteiger partial charge in [-0.1, -0.05) is 23.7 Å². The van der Waals surface area contributed by atoms with Crippen LogP contribution in [-0.4, -0.2) is 14.4 Å². The van der Waals surface area contributed by atoms with Crippen LogP contribution in [0, 0.1) is 20.8 Å². The number of para-hydroxylation sites is 1. The topological polar surface area (TPSA) is 39.4 Å². The molecule has 0 aliphatic heterocycles. The minimum atomic E-state index is 0.499. The highest BCUT2D eigenvalue weighted by Gasteiger charge is 2.14. The Morgan fingerprint density at radius 3 is 2.58 bits per heavy atom. The first-order valence-corrected chi connectivity index (χ1v) is 8.08. The largest absolute Gasteiger partial charge is 0.435 e. The summed E-state index contributed by atoms with van der Waals surface area (Å²) in [4.78, 5) is 8.97. The summed E-state index contributed by atoms with van der Waals surface area (Å²) in [5, 5.41) is 0.564. The Balaban J connectivity index is 1.97. The highest BCUT2D eigenvalue weighted by atomic mass is 35.5. The molecular formula is C19H16ClN3O. The number of rotatable bonds is 2. The second-order valence-corrected chi connectivity index (χ2v) is 6.39. The van der Waals surface area contributed by atoms with Gasteiger partial charge in [0.15, 0.2) is 5.75 Å². The van der Waals surface area contributed by atoms with E-state index in [0.717, 1.165) is 22.1 Å². The van der Waals surface area contributed by atoms with Crippen molar-refractivity contribution >= 4 is 28.2 Å². The maximum atomic E-state index is 6.29. The lowest BCUT2D eigenvalue weighted by Crippen LogP contribution is -1.98. The monoisotopic (exact) mass is 337 g/mol. The number of hydrogen-bond donors (Lipinski definition) is 0. The van der Waals surface area contributed by atoms with Crippen LogP contribution in [0.3, 0.4) is 0 Å². The molecule has 2 aromatic carbocycles. The molecule has 2 aromatic heterocycles. The van der Waals surface area contributed by atoms with Gasteiger partial charge in [0.05, 0.1) is 28.6 Å². The standard InChI is InChI=1S/C19H16ClN3O/c1-11-5-4-6-14(20)18(11)24-19-17-9-21-10-23(17)16-8-13(3)12(2)7-15(16)22-19/h4-10H,1-3H3. The van der Waals surface area contributed by atoms with Gasteiger partial charge in [-0.2, -0.15) is 0 Å². The lowest BCUT2D eigenvalue weighted by Gasteiger charge is -2.13. The summed E-state index contributed by atoms with van der Waals surface area (Å²) in [7, 11) is 0. The molecule has 0 bridgehead atoms. The summed E-state index contributed by atoms with van der Waals surface area (Å²) >= 11 is 6.29. The Bertz CT molecular complexity index is 1060. The number of ether oxygens (including phenoxy) is 1. The van der Waals surface area contributed by atoms with Gasteiger partial charge in [0.1, 0.15) is 5.52 Å². The number of halogens is 1. The van der Waals surface area contributed by atoms with Crippen LogP contribution < -0.4 is 4.74 Å². The smallest absolute Gasteiger partial charge is 0.246 e. The van der Waals surface area contributed by atoms with Crippen LogP contribution in [0.25, 0.3) is 16.6 Å². The van der Waals surface area contributed by atoms with E-state index in [1.54, 1.807) is 12.5 Å². The Morgan fingerprint density at radius 1 is 1.00 bits per heavy atom. The summed E-state index contributed by atoms with van der Waals surface area (Å²) < 4.78 is 8.08. The molecular weight excluding hydrogens is 322 g/mol. The first-order chi connectivity index (χ1) is 11.5. The first-order valence-electron chi connectivity index (χ1n) is 7.70. The van der Waals surface area contributed by atoms with E-state index < -0.39 is 0 Å². The van der Waals surface area contributed by atoms with Crippen molar-refractivity contribution in [3.8, 4) is 11.6 Å². The van der Waals surface area contributed by atoms with E-state index in [9.17, 15) is 0 Å². The average Bonchev–Trinajstić information content (AvgIpc) is 3.03. The molecule has 4 aromatic rings. The molecule has 0 atom stereocenters. The Labute approximate surface area is 144 Å². The van der Waals surface area contributed by atoms with Crippen molar-refractivity contribution in [2.24, 2.45) is 0 Å². The molecule has 0 radical (unpaired) electrons. The second-order valence-electron chi connectivity index (χ2n) is 5.98. The summed E-state index contributed by atoms with van der Waals surface area (Å²) in [5.41, 5.74) is 6.05. The molecule has 5 heteroatoms. The number of imidazole rings is 1. The predicted octanol–water partition coefficient (Wildman–Crippen LogP) is 5.25. The highest BCUT2D eigenvalue weighted by Crippen LogP contribution is 2.34. The van der Waals surface area contributed by atoms with Gasteiger partial charge in [-0.3, -0.25) is 4.40 Å². The van der Waals surface area contributed by atoms with Crippen LogP contribution in [0.5, 0.6) is 11.6 Å². The molecule has 0 aliphatic rings. The second kappa shape index (κ2) is 5.49. The summed E-state index contributed by atoms with van der Waals surface area (Å²) in [6.07, 6.45) is 3.53. The first kappa shape index (κ1) is 15.0. The molecule has 0 saturated carbocycles. The van der Waals surface area contributed by atoms with Crippen molar-refractivity contribution in [2.45, 2.75) is 20.8 Å². The molecule has 0 aliphatic carbocycles. The van der Waals surface area contributed by atoms with Gasteiger partial charge in [-0.05, 0) is 55.7 Å². The number of benzene rings is 2. The minimum Gasteiger partial charge on any atom is -0.435 e. The minimum absolute atomic E-state index is 0.499. The third-order valence-electron chi connectivity index (χ3n) is 4.29. The van der Waals surface area contributed by atoms with Gasteiger partial charge in [-0.25, -0.2) is 9.97 Å². The zero-order valence-corrected chi connectivity index (χ0v) is 14.4. The van der Waals surface area contributed by atoms with E-state index in [1.807, 2.05) is 29.5 Å². The number of aromatic nitrogens is 3. The van der Waals surface area contributed by atoms with Gasteiger partial charge in [0, 0.05) is 0 Å². The maximum Gasteiger partial charge on any atom is 0.246 e. The van der Waals surface area contributed by atoms with Crippen molar-refractivity contribution in [2.75, 3.05) is 0 Å². The van der Waals surface area contributed by atoms with Crippen molar-refractivity contribution in [3.63, 3.8) is 0 Å². The summed E-state index contributed by atoms with van der Waals surface area (Å²) in [6.45, 7) is 6.13. The molecule has 24 heavy (non-hydrogen) atoms. The van der Waals surface area contributed by atoms with Crippen LogP contribution >= 0.6 is 11.6 Å². The third-order valence-corrected chi connectivity index (χ3v) is 4.59. The van der Waals surface area contributed by atoms with E-state index >= 15 is 0 Å². The molecule has 4 nitrogen and oxygen atoms in total. The zero-order chi connectivity index (χ0) is 16.8. The quantitative estimate of drug-likeness (QED) is 0.501. The molecule has 120 valence electrons. The lowest BCUT2D eigenvalue weighted by atomic mass is 10.1. The van der Waals surface area contributed by atoms with E-state index in [-0.39, 0.29) is 0 Å². The fraction of sp³-hybridized carbons (Fsp3) is 0.158. The van der Waals surface area contributed by atoms with E-state index in [0.29, 0.717) is 16.7 Å². The molecule has 0 saturated heterocycles. The van der Waals surface area contributed by atoms with Crippen molar-refractivity contribution in [1.82, 2.24) is 14.4 Å². The van der Waals surface area contributed by atoms with Crippen LogP contribution in [0.1, 0.15) is 16.7 Å². The molecule has 0 N–H and O–H groups in total. The van der Waals surface area contributed by atoms with E-state index in [4.69, 9.17) is 21.3 Å². The predicted molar refractivity (Wildman–Crippen MR) is 96.2 cm³/mol. The molecule has 0 spiro atoms. The number of aryl methyl sites for hydroxylation is 3. The number of nitrogens with zero attached hydrogens (tertiary/aromatic N) is 3. The Morgan fingerprint density at radius 2 is 1.79 bits per heavy atom. The van der Waals surface area contributed by atoms with Gasteiger partial charge in [-0.15, -0.1) is 0 Å². The van der Waals surface area contributed by atoms with Gasteiger partial charge < -0.3 is 4.74 Å². The molecule has 0 unspecified atom stereocenters. The van der Waals surface area contributed by atoms with Gasteiger partial charge in [0.25, 0.3) is 0 Å². The third kappa shape index (κ3) is 2.31. The molecule has 2 heterocycles. The zero-order valence-electron chi connectivity index (χ0n) is 13.7. The number of fused-ring (bicyclic) bond motifs is 3. The van der Waals surface area contributed by atoms with Crippen LogP contribution in [0.4, 0.5) is 0 Å². The van der Waals surface area contributed by atoms with Crippen molar-refractivity contribution < 1.29 is 4.74 Å². The fourth-order valence-corrected chi connectivity index (χ4v) is 3.06. The van der Waals surface area contributed by atoms with Crippen LogP contribution in [0.15, 0.2) is 42.9 Å². The fourth-order valence-electron chi connectivity index (χ4n) is 2.80. The summed E-state index contributed by atoms with van der Waals surface area (Å²) in [5.74, 6) is 1.12. The van der Waals surface area contributed by atoms with Crippen molar-refractivity contribution in [3.05, 3.63) is 64.6 Å². The highest BCUT2D eigenvalue weighted by molar-refractivity contribution is 6.32. The lowest BCUT2D eigenvalue weighted by molar-refractivity contribution is 0.465. The Kier molecular flexibility index (Phi) is 3.43.